The van der Waals surface area contributed by atoms with E-state index < -0.39 is 0 Å². The highest BCUT2D eigenvalue weighted by Crippen LogP contribution is 2.18. The van der Waals surface area contributed by atoms with E-state index in [4.69, 9.17) is 10.5 Å². The van der Waals surface area contributed by atoms with Crippen LogP contribution in [0.15, 0.2) is 6.07 Å². The molecule has 0 fully saturated rings. The molecule has 2 N–H and O–H groups in total. The van der Waals surface area contributed by atoms with Crippen LogP contribution in [0.2, 0.25) is 0 Å². The van der Waals surface area contributed by atoms with Crippen molar-refractivity contribution >= 4 is 0 Å². The Kier molecular flexibility index (Phi) is 4.15. The van der Waals surface area contributed by atoms with E-state index in [1.54, 1.807) is 7.11 Å². The third-order valence-corrected chi connectivity index (χ3v) is 3.28. The van der Waals surface area contributed by atoms with Crippen LogP contribution in [-0.2, 0) is 24.4 Å². The standard InChI is InChI=1S/C12H22N4O/c1-10-7-16-12(6-11(14-16)9-17-2)8-15(10)5-3-4-13/h6,10H,3-5,7-9,13H2,1-2H3/t10-/m1/s1. The van der Waals surface area contributed by atoms with Crippen LogP contribution in [0.3, 0.4) is 0 Å². The van der Waals surface area contributed by atoms with E-state index >= 15 is 0 Å². The lowest BCUT2D eigenvalue weighted by molar-refractivity contribution is 0.143. The Morgan fingerprint density at radius 2 is 2.41 bits per heavy atom. The molecule has 0 amide bonds. The lowest BCUT2D eigenvalue weighted by Gasteiger charge is -2.33. The monoisotopic (exact) mass is 238 g/mol. The van der Waals surface area contributed by atoms with Gasteiger partial charge in [0.1, 0.15) is 0 Å². The Hall–Kier alpha value is -0.910. The third kappa shape index (κ3) is 2.86. The topological polar surface area (TPSA) is 56.3 Å². The minimum Gasteiger partial charge on any atom is -0.378 e. The van der Waals surface area contributed by atoms with Gasteiger partial charge in [-0.05, 0) is 26.0 Å². The lowest BCUT2D eigenvalue weighted by Crippen LogP contribution is -2.42. The molecule has 17 heavy (non-hydrogen) atoms. The molecule has 1 aromatic rings. The molecule has 1 aliphatic heterocycles. The van der Waals surface area contributed by atoms with Crippen molar-refractivity contribution in [1.82, 2.24) is 14.7 Å². The average molecular weight is 238 g/mol. The second-order valence-electron chi connectivity index (χ2n) is 4.70. The molecule has 0 aliphatic carbocycles. The smallest absolute Gasteiger partial charge is 0.0902 e. The number of nitrogens with two attached hydrogens (primary N) is 1. The molecule has 1 aromatic heterocycles. The minimum atomic E-state index is 0.532. The van der Waals surface area contributed by atoms with Gasteiger partial charge >= 0.3 is 0 Å². The molecule has 1 aliphatic rings. The first-order chi connectivity index (χ1) is 8.24. The van der Waals surface area contributed by atoms with Crippen LogP contribution in [0.25, 0.3) is 0 Å². The molecule has 5 heteroatoms. The van der Waals surface area contributed by atoms with Gasteiger partial charge in [0.25, 0.3) is 0 Å². The van der Waals surface area contributed by atoms with Crippen LogP contribution in [0.4, 0.5) is 0 Å². The number of fused-ring (bicyclic) bond motifs is 1. The summed E-state index contributed by atoms with van der Waals surface area (Å²) in [6, 6.07) is 2.68. The van der Waals surface area contributed by atoms with Crippen molar-refractivity contribution in [2.45, 2.75) is 39.1 Å². The van der Waals surface area contributed by atoms with E-state index in [2.05, 4.69) is 27.7 Å². The van der Waals surface area contributed by atoms with E-state index in [-0.39, 0.29) is 0 Å². The van der Waals surface area contributed by atoms with Crippen molar-refractivity contribution in [1.29, 1.82) is 0 Å². The van der Waals surface area contributed by atoms with Gasteiger partial charge in [0.05, 0.1) is 24.5 Å². The molecule has 0 unspecified atom stereocenters. The van der Waals surface area contributed by atoms with Gasteiger partial charge in [-0.15, -0.1) is 0 Å². The van der Waals surface area contributed by atoms with Crippen molar-refractivity contribution in [3.63, 3.8) is 0 Å². The van der Waals surface area contributed by atoms with Gasteiger partial charge in [0.15, 0.2) is 0 Å². The summed E-state index contributed by atoms with van der Waals surface area (Å²) >= 11 is 0. The first-order valence-corrected chi connectivity index (χ1v) is 6.23. The Bertz CT molecular complexity index is 363. The third-order valence-electron chi connectivity index (χ3n) is 3.28. The molecule has 0 aromatic carbocycles. The second-order valence-corrected chi connectivity index (χ2v) is 4.70. The summed E-state index contributed by atoms with van der Waals surface area (Å²) < 4.78 is 7.23. The number of rotatable bonds is 5. The molecular formula is C12H22N4O. The molecule has 0 bridgehead atoms. The van der Waals surface area contributed by atoms with Gasteiger partial charge in [-0.1, -0.05) is 0 Å². The largest absolute Gasteiger partial charge is 0.378 e. The van der Waals surface area contributed by atoms with Crippen LogP contribution < -0.4 is 5.73 Å². The zero-order chi connectivity index (χ0) is 12.3. The van der Waals surface area contributed by atoms with Gasteiger partial charge < -0.3 is 10.5 Å². The van der Waals surface area contributed by atoms with E-state index in [1.165, 1.54) is 5.69 Å². The lowest BCUT2D eigenvalue weighted by atomic mass is 10.2. The average Bonchev–Trinajstić information content (AvgIpc) is 2.68. The summed E-state index contributed by atoms with van der Waals surface area (Å²) in [5.41, 5.74) is 7.88. The van der Waals surface area contributed by atoms with E-state index in [0.717, 1.165) is 38.3 Å². The van der Waals surface area contributed by atoms with Crippen molar-refractivity contribution < 1.29 is 4.74 Å². The Morgan fingerprint density at radius 1 is 1.59 bits per heavy atom. The summed E-state index contributed by atoms with van der Waals surface area (Å²) in [4.78, 5) is 2.47. The summed E-state index contributed by atoms with van der Waals surface area (Å²) in [6.07, 6.45) is 1.06. The summed E-state index contributed by atoms with van der Waals surface area (Å²) in [6.45, 7) is 6.61. The number of methoxy groups -OCH3 is 1. The molecule has 2 heterocycles. The number of aromatic nitrogens is 2. The predicted molar refractivity (Wildman–Crippen MR) is 66.5 cm³/mol. The SMILES string of the molecule is COCc1cc2n(n1)C[C@@H](C)N(CCCN)C2. The highest BCUT2D eigenvalue weighted by Gasteiger charge is 2.23. The van der Waals surface area contributed by atoms with Crippen LogP contribution in [0.5, 0.6) is 0 Å². The molecule has 5 nitrogen and oxygen atoms in total. The molecule has 0 saturated carbocycles. The molecular weight excluding hydrogens is 216 g/mol. The number of nitrogens with zero attached hydrogens (tertiary/aromatic N) is 3. The van der Waals surface area contributed by atoms with Crippen LogP contribution in [-0.4, -0.2) is 40.9 Å². The second kappa shape index (κ2) is 5.62. The summed E-state index contributed by atoms with van der Waals surface area (Å²) in [7, 11) is 1.70. The number of ether oxygens (including phenoxy) is 1. The maximum absolute atomic E-state index is 5.57. The molecule has 2 rings (SSSR count). The van der Waals surface area contributed by atoms with Crippen molar-refractivity contribution in [2.24, 2.45) is 5.73 Å². The van der Waals surface area contributed by atoms with Crippen LogP contribution in [0.1, 0.15) is 24.7 Å². The first kappa shape index (κ1) is 12.5. The Balaban J connectivity index is 2.05. The number of hydrogen-bond donors (Lipinski definition) is 1. The quantitative estimate of drug-likeness (QED) is 0.815. The Morgan fingerprint density at radius 3 is 3.12 bits per heavy atom. The summed E-state index contributed by atoms with van der Waals surface area (Å²) in [5, 5.41) is 4.55. The minimum absolute atomic E-state index is 0.532. The van der Waals surface area contributed by atoms with Crippen molar-refractivity contribution in [3.8, 4) is 0 Å². The highest BCUT2D eigenvalue weighted by atomic mass is 16.5. The fraction of sp³-hybridized carbons (Fsp3) is 0.750. The van der Waals surface area contributed by atoms with Gasteiger partial charge in [0, 0.05) is 26.2 Å². The molecule has 0 radical (unpaired) electrons. The normalized spacial score (nSPS) is 20.5. The molecule has 0 spiro atoms. The van der Waals surface area contributed by atoms with Crippen LogP contribution in [0, 0.1) is 0 Å². The van der Waals surface area contributed by atoms with Gasteiger partial charge in [0.2, 0.25) is 0 Å². The molecule has 0 saturated heterocycles. The van der Waals surface area contributed by atoms with Crippen molar-refractivity contribution in [3.05, 3.63) is 17.5 Å². The van der Waals surface area contributed by atoms with Gasteiger partial charge in [-0.2, -0.15) is 5.10 Å². The maximum Gasteiger partial charge on any atom is 0.0902 e. The number of hydrogen-bond acceptors (Lipinski definition) is 4. The molecule has 1 atom stereocenters. The Labute approximate surface area is 103 Å². The van der Waals surface area contributed by atoms with Crippen molar-refractivity contribution in [2.75, 3.05) is 20.2 Å². The first-order valence-electron chi connectivity index (χ1n) is 6.23. The summed E-state index contributed by atoms with van der Waals surface area (Å²) in [5.74, 6) is 0. The zero-order valence-electron chi connectivity index (χ0n) is 10.7. The fourth-order valence-electron chi connectivity index (χ4n) is 2.34. The van der Waals surface area contributed by atoms with Crippen LogP contribution >= 0.6 is 0 Å². The van der Waals surface area contributed by atoms with Gasteiger partial charge in [-0.3, -0.25) is 9.58 Å². The predicted octanol–water partition coefficient (Wildman–Crippen LogP) is 0.582. The molecule has 96 valence electrons. The maximum atomic E-state index is 5.57. The van der Waals surface area contributed by atoms with E-state index in [9.17, 15) is 0 Å². The zero-order valence-corrected chi connectivity index (χ0v) is 10.7. The van der Waals surface area contributed by atoms with E-state index in [0.29, 0.717) is 12.6 Å². The van der Waals surface area contributed by atoms with E-state index in [1.807, 2.05) is 0 Å². The van der Waals surface area contributed by atoms with Gasteiger partial charge in [-0.25, -0.2) is 0 Å². The fourth-order valence-corrected chi connectivity index (χ4v) is 2.34. The highest BCUT2D eigenvalue weighted by molar-refractivity contribution is 5.12.